The summed E-state index contributed by atoms with van der Waals surface area (Å²) in [5, 5.41) is 2.75. The van der Waals surface area contributed by atoms with Crippen molar-refractivity contribution in [3.8, 4) is 5.75 Å². The third-order valence-corrected chi connectivity index (χ3v) is 4.08. The van der Waals surface area contributed by atoms with E-state index in [4.69, 9.17) is 9.47 Å². The Morgan fingerprint density at radius 3 is 2.36 bits per heavy atom. The van der Waals surface area contributed by atoms with E-state index in [2.05, 4.69) is 5.32 Å². The molecule has 0 unspecified atom stereocenters. The molecule has 2 aromatic carbocycles. The van der Waals surface area contributed by atoms with Gasteiger partial charge in [-0.1, -0.05) is 30.3 Å². The average Bonchev–Trinajstić information content (AvgIpc) is 2.66. The van der Waals surface area contributed by atoms with Gasteiger partial charge in [0.15, 0.2) is 24.0 Å². The molecule has 2 aromatic rings. The van der Waals surface area contributed by atoms with Gasteiger partial charge in [-0.2, -0.15) is 0 Å². The van der Waals surface area contributed by atoms with Crippen LogP contribution in [-0.4, -0.2) is 31.4 Å². The van der Waals surface area contributed by atoms with Gasteiger partial charge < -0.3 is 14.8 Å². The van der Waals surface area contributed by atoms with Crippen LogP contribution in [-0.2, 0) is 20.7 Å². The molecule has 1 amide bonds. The van der Waals surface area contributed by atoms with E-state index in [1.807, 2.05) is 6.92 Å². The van der Waals surface area contributed by atoms with Gasteiger partial charge in [0, 0.05) is 12.5 Å². The third kappa shape index (κ3) is 5.90. The van der Waals surface area contributed by atoms with Crippen LogP contribution in [0.2, 0.25) is 0 Å². The van der Waals surface area contributed by atoms with E-state index in [1.165, 1.54) is 26.2 Å². The Morgan fingerprint density at radius 2 is 1.79 bits per heavy atom. The lowest BCUT2D eigenvalue weighted by atomic mass is 10.0. The van der Waals surface area contributed by atoms with Gasteiger partial charge in [-0.3, -0.25) is 14.4 Å². The van der Waals surface area contributed by atoms with Crippen LogP contribution < -0.4 is 10.1 Å². The van der Waals surface area contributed by atoms with Crippen molar-refractivity contribution in [3.05, 3.63) is 65.0 Å². The molecule has 6 nitrogen and oxygen atoms in total. The second-order valence-electron chi connectivity index (χ2n) is 6.27. The highest BCUT2D eigenvalue weighted by Gasteiger charge is 2.13. The van der Waals surface area contributed by atoms with Gasteiger partial charge >= 0.3 is 5.97 Å². The Kier molecular flexibility index (Phi) is 7.26. The van der Waals surface area contributed by atoms with Crippen molar-refractivity contribution in [3.63, 3.8) is 0 Å². The molecule has 0 fully saturated rings. The van der Waals surface area contributed by atoms with Crippen molar-refractivity contribution < 1.29 is 28.2 Å². The van der Waals surface area contributed by atoms with E-state index in [-0.39, 0.29) is 29.9 Å². The number of esters is 1. The van der Waals surface area contributed by atoms with E-state index >= 15 is 0 Å². The Labute approximate surface area is 162 Å². The zero-order valence-electron chi connectivity index (χ0n) is 16.0. The summed E-state index contributed by atoms with van der Waals surface area (Å²) in [5.74, 6) is -1.61. The maximum absolute atomic E-state index is 13.6. The minimum absolute atomic E-state index is 0.0866. The first kappa shape index (κ1) is 21.1. The van der Waals surface area contributed by atoms with Crippen LogP contribution in [0.3, 0.4) is 0 Å². The number of hydrogen-bond acceptors (Lipinski definition) is 5. The molecule has 148 valence electrons. The lowest BCUT2D eigenvalue weighted by Gasteiger charge is -2.13. The summed E-state index contributed by atoms with van der Waals surface area (Å²) in [7, 11) is 1.35. The number of carbonyl (C=O) groups excluding carboxylic acids is 3. The molecule has 0 heterocycles. The van der Waals surface area contributed by atoms with Gasteiger partial charge in [0.05, 0.1) is 19.6 Å². The summed E-state index contributed by atoms with van der Waals surface area (Å²) < 4.78 is 23.4. The third-order valence-electron chi connectivity index (χ3n) is 4.08. The number of ketones is 1. The van der Waals surface area contributed by atoms with Crippen molar-refractivity contribution in [1.82, 2.24) is 5.32 Å². The van der Waals surface area contributed by atoms with Gasteiger partial charge in [0.25, 0.3) is 0 Å². The minimum Gasteiger partial charge on any atom is -0.494 e. The zero-order valence-corrected chi connectivity index (χ0v) is 16.0. The molecule has 28 heavy (non-hydrogen) atoms. The van der Waals surface area contributed by atoms with E-state index in [0.717, 1.165) is 5.56 Å². The maximum Gasteiger partial charge on any atom is 0.310 e. The van der Waals surface area contributed by atoms with E-state index < -0.39 is 18.4 Å². The molecule has 0 bridgehead atoms. The molecule has 0 aliphatic rings. The number of ether oxygens (including phenoxy) is 2. The Morgan fingerprint density at radius 1 is 1.11 bits per heavy atom. The summed E-state index contributed by atoms with van der Waals surface area (Å²) in [6, 6.07) is 10.7. The summed E-state index contributed by atoms with van der Waals surface area (Å²) >= 11 is 0. The topological polar surface area (TPSA) is 81.7 Å². The zero-order chi connectivity index (χ0) is 20.7. The van der Waals surface area contributed by atoms with E-state index in [0.29, 0.717) is 11.1 Å². The molecule has 0 radical (unpaired) electrons. The smallest absolute Gasteiger partial charge is 0.310 e. The fourth-order valence-corrected chi connectivity index (χ4v) is 2.61. The molecular weight excluding hydrogens is 365 g/mol. The molecule has 7 heteroatoms. The first-order valence-electron chi connectivity index (χ1n) is 8.68. The predicted octanol–water partition coefficient (Wildman–Crippen LogP) is 3.00. The molecule has 1 N–H and O–H groups in total. The number of methoxy groups -OCH3 is 1. The second kappa shape index (κ2) is 9.64. The average molecular weight is 387 g/mol. The maximum atomic E-state index is 13.6. The first-order valence-corrected chi connectivity index (χ1v) is 8.68. The number of carbonyl (C=O) groups is 3. The fraction of sp³-hybridized carbons (Fsp3) is 0.286. The highest BCUT2D eigenvalue weighted by Crippen LogP contribution is 2.18. The number of rotatable bonds is 8. The van der Waals surface area contributed by atoms with Crippen molar-refractivity contribution in [2.75, 3.05) is 13.7 Å². The fourth-order valence-electron chi connectivity index (χ4n) is 2.61. The van der Waals surface area contributed by atoms with Crippen molar-refractivity contribution in [2.45, 2.75) is 26.3 Å². The molecule has 0 saturated carbocycles. The van der Waals surface area contributed by atoms with Gasteiger partial charge in [0.1, 0.15) is 0 Å². The van der Waals surface area contributed by atoms with Gasteiger partial charge in [0.2, 0.25) is 5.91 Å². The number of benzene rings is 2. The van der Waals surface area contributed by atoms with Crippen LogP contribution in [0.1, 0.15) is 41.4 Å². The molecular formula is C21H22FNO5. The predicted molar refractivity (Wildman–Crippen MR) is 101 cm³/mol. The Bertz CT molecular complexity index is 864. The molecule has 0 spiro atoms. The minimum atomic E-state index is -0.631. The SMILES string of the molecule is COc1ccc(CC(=O)OCC(=O)c2ccc([C@H](C)NC(C)=O)cc2)cc1F. The van der Waals surface area contributed by atoms with Crippen LogP contribution >= 0.6 is 0 Å². The monoisotopic (exact) mass is 387 g/mol. The van der Waals surface area contributed by atoms with E-state index in [9.17, 15) is 18.8 Å². The van der Waals surface area contributed by atoms with Crippen LogP contribution in [0.15, 0.2) is 42.5 Å². The van der Waals surface area contributed by atoms with Crippen molar-refractivity contribution >= 4 is 17.7 Å². The van der Waals surface area contributed by atoms with Crippen LogP contribution in [0, 0.1) is 5.82 Å². The number of hydrogen-bond donors (Lipinski definition) is 1. The second-order valence-corrected chi connectivity index (χ2v) is 6.27. The Balaban J connectivity index is 1.88. The molecule has 0 aromatic heterocycles. The van der Waals surface area contributed by atoms with Crippen LogP contribution in [0.4, 0.5) is 4.39 Å². The highest BCUT2D eigenvalue weighted by atomic mass is 19.1. The Hall–Kier alpha value is -3.22. The number of halogens is 1. The lowest BCUT2D eigenvalue weighted by Crippen LogP contribution is -2.23. The molecule has 1 atom stereocenters. The molecule has 0 saturated heterocycles. The largest absolute Gasteiger partial charge is 0.494 e. The van der Waals surface area contributed by atoms with Crippen LogP contribution in [0.25, 0.3) is 0 Å². The molecule has 0 aliphatic carbocycles. The first-order chi connectivity index (χ1) is 13.3. The summed E-state index contributed by atoms with van der Waals surface area (Å²) in [5.41, 5.74) is 1.67. The molecule has 2 rings (SSSR count). The number of Topliss-reactive ketones (excluding diaryl/α,β-unsaturated/α-hetero) is 1. The van der Waals surface area contributed by atoms with E-state index in [1.54, 1.807) is 30.3 Å². The number of nitrogens with one attached hydrogen (secondary N) is 1. The van der Waals surface area contributed by atoms with Crippen molar-refractivity contribution in [1.29, 1.82) is 0 Å². The normalized spacial score (nSPS) is 11.4. The van der Waals surface area contributed by atoms with Crippen molar-refractivity contribution in [2.24, 2.45) is 0 Å². The standard InChI is InChI=1S/C21H22FNO5/c1-13(23-14(2)24)16-5-7-17(8-6-16)19(25)12-28-21(26)11-15-4-9-20(27-3)18(22)10-15/h4-10,13H,11-12H2,1-3H3,(H,23,24)/t13-/m0/s1. The molecule has 0 aliphatic heterocycles. The van der Waals surface area contributed by atoms with Crippen LogP contribution in [0.5, 0.6) is 5.75 Å². The van der Waals surface area contributed by atoms with Gasteiger partial charge in [-0.15, -0.1) is 0 Å². The summed E-state index contributed by atoms with van der Waals surface area (Å²) in [6.07, 6.45) is -0.151. The number of amides is 1. The summed E-state index contributed by atoms with van der Waals surface area (Å²) in [4.78, 5) is 35.2. The lowest BCUT2D eigenvalue weighted by molar-refractivity contribution is -0.141. The summed E-state index contributed by atoms with van der Waals surface area (Å²) in [6.45, 7) is 2.86. The highest BCUT2D eigenvalue weighted by molar-refractivity contribution is 5.98. The van der Waals surface area contributed by atoms with Gasteiger partial charge in [-0.25, -0.2) is 4.39 Å². The van der Waals surface area contributed by atoms with Gasteiger partial charge in [-0.05, 0) is 30.2 Å². The quantitative estimate of drug-likeness (QED) is 0.556.